The molecule has 0 atom stereocenters. The van der Waals surface area contributed by atoms with Crippen molar-refractivity contribution in [1.82, 2.24) is 9.97 Å². The highest BCUT2D eigenvalue weighted by Crippen LogP contribution is 2.26. The maximum absolute atomic E-state index is 11.5. The molecule has 0 aliphatic carbocycles. The zero-order chi connectivity index (χ0) is 18.5. The van der Waals surface area contributed by atoms with Crippen molar-refractivity contribution in [3.63, 3.8) is 0 Å². The van der Waals surface area contributed by atoms with Gasteiger partial charge in [0.15, 0.2) is 5.82 Å². The quantitative estimate of drug-likeness (QED) is 0.637. The van der Waals surface area contributed by atoms with Crippen LogP contribution in [0, 0.1) is 11.3 Å². The Morgan fingerprint density at radius 3 is 2.54 bits per heavy atom. The highest BCUT2D eigenvalue weighted by Gasteiger charge is 2.11. The fraction of sp³-hybridized carbons (Fsp3) is 0. The van der Waals surface area contributed by atoms with Crippen LogP contribution < -0.4 is 16.4 Å². The molecule has 7 nitrogen and oxygen atoms in total. The van der Waals surface area contributed by atoms with E-state index in [9.17, 15) is 4.79 Å². The van der Waals surface area contributed by atoms with Crippen LogP contribution in [-0.2, 0) is 0 Å². The van der Waals surface area contributed by atoms with E-state index in [1.54, 1.807) is 48.5 Å². The predicted molar refractivity (Wildman–Crippen MR) is 99.7 cm³/mol. The standard InChI is InChI=1S/C18H13ClN6O/c19-14-10-22-18(23-12-7-5-11(9-20)6-8-12)25-17(14)24-15-4-2-1-3-13(15)16(21)26/h1-8,10H,(H2,21,26)(H2,22,23,24,25). The van der Waals surface area contributed by atoms with Crippen LogP contribution in [0.5, 0.6) is 0 Å². The van der Waals surface area contributed by atoms with Gasteiger partial charge in [0.25, 0.3) is 5.91 Å². The lowest BCUT2D eigenvalue weighted by Crippen LogP contribution is -2.13. The van der Waals surface area contributed by atoms with Crippen LogP contribution in [0.25, 0.3) is 0 Å². The average Bonchev–Trinajstić information content (AvgIpc) is 2.65. The number of anilines is 4. The second kappa shape index (κ2) is 7.51. The molecule has 1 amide bonds. The van der Waals surface area contributed by atoms with E-state index < -0.39 is 5.91 Å². The van der Waals surface area contributed by atoms with Crippen LogP contribution in [0.4, 0.5) is 23.1 Å². The Bertz CT molecular complexity index is 997. The number of carbonyl (C=O) groups is 1. The van der Waals surface area contributed by atoms with E-state index in [1.165, 1.54) is 6.20 Å². The van der Waals surface area contributed by atoms with Gasteiger partial charge in [-0.15, -0.1) is 0 Å². The van der Waals surface area contributed by atoms with Gasteiger partial charge in [-0.3, -0.25) is 4.79 Å². The topological polar surface area (TPSA) is 117 Å². The van der Waals surface area contributed by atoms with Crippen molar-refractivity contribution >= 4 is 40.6 Å². The summed E-state index contributed by atoms with van der Waals surface area (Å²) in [6.45, 7) is 0. The van der Waals surface area contributed by atoms with E-state index in [0.29, 0.717) is 28.6 Å². The number of nitrogens with two attached hydrogens (primary N) is 1. The van der Waals surface area contributed by atoms with Gasteiger partial charge in [-0.2, -0.15) is 10.2 Å². The third-order valence-corrected chi connectivity index (χ3v) is 3.74. The number of hydrogen-bond acceptors (Lipinski definition) is 6. The normalized spacial score (nSPS) is 10.0. The number of hydrogen-bond donors (Lipinski definition) is 3. The van der Waals surface area contributed by atoms with Crippen LogP contribution >= 0.6 is 11.6 Å². The molecule has 128 valence electrons. The molecule has 0 aliphatic rings. The summed E-state index contributed by atoms with van der Waals surface area (Å²) >= 11 is 6.15. The third kappa shape index (κ3) is 3.88. The number of para-hydroxylation sites is 1. The van der Waals surface area contributed by atoms with Crippen LogP contribution in [-0.4, -0.2) is 15.9 Å². The van der Waals surface area contributed by atoms with Gasteiger partial charge >= 0.3 is 0 Å². The molecule has 1 aromatic heterocycles. The van der Waals surface area contributed by atoms with E-state index in [-0.39, 0.29) is 5.02 Å². The molecule has 0 saturated carbocycles. The third-order valence-electron chi connectivity index (χ3n) is 3.46. The molecule has 0 saturated heterocycles. The van der Waals surface area contributed by atoms with Gasteiger partial charge < -0.3 is 16.4 Å². The zero-order valence-electron chi connectivity index (χ0n) is 13.4. The van der Waals surface area contributed by atoms with Crippen LogP contribution in [0.3, 0.4) is 0 Å². The van der Waals surface area contributed by atoms with Crippen molar-refractivity contribution < 1.29 is 4.79 Å². The largest absolute Gasteiger partial charge is 0.366 e. The fourth-order valence-electron chi connectivity index (χ4n) is 2.21. The predicted octanol–water partition coefficient (Wildman–Crippen LogP) is 3.59. The molecule has 1 heterocycles. The van der Waals surface area contributed by atoms with Crippen molar-refractivity contribution in [3.8, 4) is 6.07 Å². The Morgan fingerprint density at radius 2 is 1.85 bits per heavy atom. The minimum absolute atomic E-state index is 0.287. The summed E-state index contributed by atoms with van der Waals surface area (Å²) in [5, 5.41) is 15.1. The maximum Gasteiger partial charge on any atom is 0.250 e. The summed E-state index contributed by atoms with van der Waals surface area (Å²) in [6, 6.07) is 15.7. The highest BCUT2D eigenvalue weighted by molar-refractivity contribution is 6.33. The number of aromatic nitrogens is 2. The molecule has 26 heavy (non-hydrogen) atoms. The van der Waals surface area contributed by atoms with Crippen molar-refractivity contribution in [2.45, 2.75) is 0 Å². The van der Waals surface area contributed by atoms with E-state index in [1.807, 2.05) is 0 Å². The van der Waals surface area contributed by atoms with Crippen molar-refractivity contribution in [2.24, 2.45) is 5.73 Å². The van der Waals surface area contributed by atoms with Gasteiger partial charge in [-0.1, -0.05) is 23.7 Å². The van der Waals surface area contributed by atoms with Gasteiger partial charge in [0, 0.05) is 5.69 Å². The Kier molecular flexibility index (Phi) is 4.97. The number of nitrogens with zero attached hydrogens (tertiary/aromatic N) is 3. The van der Waals surface area contributed by atoms with Crippen LogP contribution in [0.15, 0.2) is 54.7 Å². The smallest absolute Gasteiger partial charge is 0.250 e. The second-order valence-corrected chi connectivity index (χ2v) is 5.65. The minimum Gasteiger partial charge on any atom is -0.366 e. The van der Waals surface area contributed by atoms with E-state index in [0.717, 1.165) is 5.69 Å². The van der Waals surface area contributed by atoms with Gasteiger partial charge in [-0.25, -0.2) is 4.98 Å². The first-order valence-electron chi connectivity index (χ1n) is 7.52. The summed E-state index contributed by atoms with van der Waals surface area (Å²) in [7, 11) is 0. The first-order valence-corrected chi connectivity index (χ1v) is 7.90. The van der Waals surface area contributed by atoms with Gasteiger partial charge in [0.05, 0.1) is 29.1 Å². The van der Waals surface area contributed by atoms with Crippen molar-refractivity contribution in [1.29, 1.82) is 5.26 Å². The summed E-state index contributed by atoms with van der Waals surface area (Å²) in [5.74, 6) is 0.0684. The summed E-state index contributed by atoms with van der Waals surface area (Å²) in [4.78, 5) is 20.0. The minimum atomic E-state index is -0.561. The summed E-state index contributed by atoms with van der Waals surface area (Å²) < 4.78 is 0. The average molecular weight is 365 g/mol. The second-order valence-electron chi connectivity index (χ2n) is 5.24. The van der Waals surface area contributed by atoms with Crippen LogP contribution in [0.1, 0.15) is 15.9 Å². The Balaban J connectivity index is 1.86. The van der Waals surface area contributed by atoms with Gasteiger partial charge in [-0.05, 0) is 36.4 Å². The number of nitriles is 1. The van der Waals surface area contributed by atoms with Gasteiger partial charge in [0.1, 0.15) is 5.02 Å². The molecule has 0 radical (unpaired) electrons. The lowest BCUT2D eigenvalue weighted by molar-refractivity contribution is 0.100. The molecular weight excluding hydrogens is 352 g/mol. The zero-order valence-corrected chi connectivity index (χ0v) is 14.2. The first kappa shape index (κ1) is 17.2. The molecule has 0 fully saturated rings. The number of primary amides is 1. The monoisotopic (exact) mass is 364 g/mol. The molecule has 0 aliphatic heterocycles. The molecular formula is C18H13ClN6O. The molecule has 2 aromatic carbocycles. The number of carbonyl (C=O) groups excluding carboxylic acids is 1. The number of nitrogens with one attached hydrogen (secondary N) is 2. The molecule has 4 N–H and O–H groups in total. The molecule has 8 heteroatoms. The molecule has 0 spiro atoms. The van der Waals surface area contributed by atoms with E-state index in [4.69, 9.17) is 22.6 Å². The number of halogens is 1. The van der Waals surface area contributed by atoms with Crippen molar-refractivity contribution in [2.75, 3.05) is 10.6 Å². The Morgan fingerprint density at radius 1 is 1.12 bits per heavy atom. The molecule has 3 rings (SSSR count). The van der Waals surface area contributed by atoms with Crippen LogP contribution in [0.2, 0.25) is 5.02 Å². The number of benzene rings is 2. The lowest BCUT2D eigenvalue weighted by Gasteiger charge is -2.12. The SMILES string of the molecule is N#Cc1ccc(Nc2ncc(Cl)c(Nc3ccccc3C(N)=O)n2)cc1. The highest BCUT2D eigenvalue weighted by atomic mass is 35.5. The fourth-order valence-corrected chi connectivity index (χ4v) is 2.35. The maximum atomic E-state index is 11.5. The van der Waals surface area contributed by atoms with Crippen molar-refractivity contribution in [3.05, 3.63) is 70.9 Å². The molecule has 0 unspecified atom stereocenters. The number of rotatable bonds is 5. The summed E-state index contributed by atoms with van der Waals surface area (Å²) in [6.07, 6.45) is 1.44. The number of amides is 1. The Labute approximate surface area is 154 Å². The van der Waals surface area contributed by atoms with Gasteiger partial charge in [0.2, 0.25) is 5.95 Å². The molecule has 3 aromatic rings. The van der Waals surface area contributed by atoms with E-state index in [2.05, 4.69) is 26.7 Å². The molecule has 0 bridgehead atoms. The lowest BCUT2D eigenvalue weighted by atomic mass is 10.1. The Hall–Kier alpha value is -3.63. The van der Waals surface area contributed by atoms with E-state index >= 15 is 0 Å². The first-order chi connectivity index (χ1) is 12.6. The summed E-state index contributed by atoms with van der Waals surface area (Å²) in [5.41, 5.74) is 7.47.